The highest BCUT2D eigenvalue weighted by atomic mass is 35.5. The quantitative estimate of drug-likeness (QED) is 0.610. The summed E-state index contributed by atoms with van der Waals surface area (Å²) in [5, 5.41) is 0.371. The van der Waals surface area contributed by atoms with E-state index in [1.807, 2.05) is 0 Å². The van der Waals surface area contributed by atoms with Gasteiger partial charge in [0.25, 0.3) is 10.0 Å². The fraction of sp³-hybridized carbons (Fsp3) is 0.0526. The fourth-order valence-electron chi connectivity index (χ4n) is 2.46. The number of sulfonamides is 1. The van der Waals surface area contributed by atoms with Crippen LogP contribution in [0.2, 0.25) is 5.02 Å². The van der Waals surface area contributed by atoms with Crippen molar-refractivity contribution in [3.63, 3.8) is 0 Å². The molecule has 0 aliphatic rings. The van der Waals surface area contributed by atoms with Crippen molar-refractivity contribution in [2.45, 2.75) is 11.4 Å². The Kier molecular flexibility index (Phi) is 5.25. The second-order valence-corrected chi connectivity index (χ2v) is 7.85. The van der Waals surface area contributed by atoms with Crippen molar-refractivity contribution in [3.8, 4) is 0 Å². The number of nitrogens with zero attached hydrogens (tertiary/aromatic N) is 1. The molecular formula is C19H14ClF2NO2S. The van der Waals surface area contributed by atoms with Crippen molar-refractivity contribution in [1.82, 2.24) is 0 Å². The maximum absolute atomic E-state index is 14.3. The third kappa shape index (κ3) is 3.86. The summed E-state index contributed by atoms with van der Waals surface area (Å²) in [6, 6.07) is 16.9. The smallest absolute Gasteiger partial charge is 0.259 e. The first-order valence-corrected chi connectivity index (χ1v) is 9.47. The largest absolute Gasteiger partial charge is 0.264 e. The van der Waals surface area contributed by atoms with Gasteiger partial charge in [0.2, 0.25) is 0 Å². The highest BCUT2D eigenvalue weighted by Crippen LogP contribution is 2.29. The Balaban J connectivity index is 2.13. The molecule has 0 radical (unpaired) electrons. The van der Waals surface area contributed by atoms with Gasteiger partial charge >= 0.3 is 0 Å². The minimum Gasteiger partial charge on any atom is -0.259 e. The van der Waals surface area contributed by atoms with E-state index in [0.717, 1.165) is 22.5 Å². The summed E-state index contributed by atoms with van der Waals surface area (Å²) in [5.41, 5.74) is 0.275. The minimum atomic E-state index is -4.14. The zero-order valence-corrected chi connectivity index (χ0v) is 15.0. The number of hydrogen-bond acceptors (Lipinski definition) is 2. The molecule has 0 bridgehead atoms. The Morgan fingerprint density at radius 1 is 0.885 bits per heavy atom. The average molecular weight is 394 g/mol. The maximum Gasteiger partial charge on any atom is 0.264 e. The number of hydrogen-bond donors (Lipinski definition) is 0. The van der Waals surface area contributed by atoms with Crippen LogP contribution in [0, 0.1) is 11.6 Å². The summed E-state index contributed by atoms with van der Waals surface area (Å²) in [7, 11) is -4.14. The molecule has 0 aromatic heterocycles. The summed E-state index contributed by atoms with van der Waals surface area (Å²) in [6.07, 6.45) is 0. The lowest BCUT2D eigenvalue weighted by molar-refractivity contribution is 0.580. The van der Waals surface area contributed by atoms with Gasteiger partial charge in [-0.15, -0.1) is 0 Å². The molecule has 3 rings (SSSR count). The summed E-state index contributed by atoms with van der Waals surface area (Å²) in [4.78, 5) is -0.0681. The Hall–Kier alpha value is -2.44. The van der Waals surface area contributed by atoms with Gasteiger partial charge in [-0.1, -0.05) is 41.9 Å². The zero-order chi connectivity index (χ0) is 18.7. The average Bonchev–Trinajstić information content (AvgIpc) is 2.63. The van der Waals surface area contributed by atoms with Crippen molar-refractivity contribution in [2.75, 3.05) is 4.31 Å². The first kappa shape index (κ1) is 18.4. The van der Waals surface area contributed by atoms with Gasteiger partial charge in [-0.2, -0.15) is 0 Å². The first-order valence-electron chi connectivity index (χ1n) is 7.65. The molecule has 0 heterocycles. The lowest BCUT2D eigenvalue weighted by Gasteiger charge is -2.25. The van der Waals surface area contributed by atoms with Gasteiger partial charge in [-0.05, 0) is 42.0 Å². The van der Waals surface area contributed by atoms with E-state index < -0.39 is 21.7 Å². The third-order valence-corrected chi connectivity index (χ3v) is 5.77. The Labute approximate surface area is 155 Å². The Bertz CT molecular complexity index is 1010. The van der Waals surface area contributed by atoms with Gasteiger partial charge in [-0.25, -0.2) is 17.2 Å². The van der Waals surface area contributed by atoms with Crippen LogP contribution in [0.1, 0.15) is 5.56 Å². The van der Waals surface area contributed by atoms with Gasteiger partial charge in [0.05, 0.1) is 17.1 Å². The van der Waals surface area contributed by atoms with Crippen LogP contribution in [0.25, 0.3) is 0 Å². The van der Waals surface area contributed by atoms with E-state index in [1.165, 1.54) is 24.3 Å². The molecular weight excluding hydrogens is 380 g/mol. The molecule has 0 aliphatic carbocycles. The molecule has 0 amide bonds. The lowest BCUT2D eigenvalue weighted by Crippen LogP contribution is -2.31. The molecule has 3 nitrogen and oxygen atoms in total. The van der Waals surface area contributed by atoms with Gasteiger partial charge < -0.3 is 0 Å². The molecule has 7 heteroatoms. The predicted molar refractivity (Wildman–Crippen MR) is 97.6 cm³/mol. The second kappa shape index (κ2) is 7.43. The summed E-state index contributed by atoms with van der Waals surface area (Å²) in [5.74, 6) is -1.56. The minimum absolute atomic E-state index is 0.0681. The van der Waals surface area contributed by atoms with Crippen LogP contribution in [-0.4, -0.2) is 8.42 Å². The molecule has 3 aromatic carbocycles. The van der Waals surface area contributed by atoms with Gasteiger partial charge in [0.1, 0.15) is 11.6 Å². The van der Waals surface area contributed by atoms with E-state index in [9.17, 15) is 17.2 Å². The normalized spacial score (nSPS) is 11.3. The summed E-state index contributed by atoms with van der Waals surface area (Å²) in [6.45, 7) is -0.147. The standard InChI is InChI=1S/C19H14ClF2NO2S/c20-15-6-9-17(10-7-15)26(24,25)23(13-14-4-2-1-3-5-14)19-12-16(21)8-11-18(19)22/h1-12H,13H2. The van der Waals surface area contributed by atoms with E-state index in [2.05, 4.69) is 0 Å². The van der Waals surface area contributed by atoms with Crippen LogP contribution in [-0.2, 0) is 16.6 Å². The molecule has 0 atom stereocenters. The third-order valence-electron chi connectivity index (χ3n) is 3.75. The van der Waals surface area contributed by atoms with Crippen LogP contribution in [0.3, 0.4) is 0 Å². The summed E-state index contributed by atoms with van der Waals surface area (Å²) >= 11 is 5.82. The maximum atomic E-state index is 14.3. The molecule has 3 aromatic rings. The second-order valence-electron chi connectivity index (χ2n) is 5.55. The molecule has 0 unspecified atom stereocenters. The van der Waals surface area contributed by atoms with Crippen LogP contribution in [0.15, 0.2) is 77.7 Å². The number of benzene rings is 3. The van der Waals surface area contributed by atoms with Crippen molar-refractivity contribution >= 4 is 27.3 Å². The molecule has 0 saturated heterocycles. The topological polar surface area (TPSA) is 37.4 Å². The van der Waals surface area contributed by atoms with E-state index >= 15 is 0 Å². The highest BCUT2D eigenvalue weighted by molar-refractivity contribution is 7.92. The van der Waals surface area contributed by atoms with Gasteiger partial charge in [0, 0.05) is 11.1 Å². The molecule has 0 spiro atoms. The van der Waals surface area contributed by atoms with E-state index in [4.69, 9.17) is 11.6 Å². The van der Waals surface area contributed by atoms with Crippen LogP contribution in [0.5, 0.6) is 0 Å². The van der Waals surface area contributed by atoms with Crippen molar-refractivity contribution in [2.24, 2.45) is 0 Å². The van der Waals surface area contributed by atoms with Crippen LogP contribution >= 0.6 is 11.6 Å². The Morgan fingerprint density at radius 3 is 2.19 bits per heavy atom. The van der Waals surface area contributed by atoms with Crippen LogP contribution in [0.4, 0.5) is 14.5 Å². The SMILES string of the molecule is O=S(=O)(c1ccc(Cl)cc1)N(Cc1ccccc1)c1cc(F)ccc1F. The first-order chi connectivity index (χ1) is 12.4. The zero-order valence-electron chi connectivity index (χ0n) is 13.4. The molecule has 0 N–H and O–H groups in total. The van der Waals surface area contributed by atoms with Gasteiger partial charge in [0.15, 0.2) is 0 Å². The molecule has 0 aliphatic heterocycles. The van der Waals surface area contributed by atoms with Crippen molar-refractivity contribution in [3.05, 3.63) is 95.0 Å². The summed E-state index contributed by atoms with van der Waals surface area (Å²) < 4.78 is 55.1. The van der Waals surface area contributed by atoms with Crippen molar-refractivity contribution < 1.29 is 17.2 Å². The monoisotopic (exact) mass is 393 g/mol. The Morgan fingerprint density at radius 2 is 1.54 bits per heavy atom. The van der Waals surface area contributed by atoms with E-state index in [1.54, 1.807) is 30.3 Å². The predicted octanol–water partition coefficient (Wildman–Crippen LogP) is 5.01. The fourth-order valence-corrected chi connectivity index (χ4v) is 4.04. The highest BCUT2D eigenvalue weighted by Gasteiger charge is 2.27. The van der Waals surface area contributed by atoms with Crippen LogP contribution < -0.4 is 4.31 Å². The number of anilines is 1. The lowest BCUT2D eigenvalue weighted by atomic mass is 10.2. The molecule has 0 fully saturated rings. The van der Waals surface area contributed by atoms with Gasteiger partial charge in [-0.3, -0.25) is 4.31 Å². The number of rotatable bonds is 5. The molecule has 0 saturated carbocycles. The number of halogens is 3. The molecule has 134 valence electrons. The van der Waals surface area contributed by atoms with E-state index in [-0.39, 0.29) is 17.1 Å². The van der Waals surface area contributed by atoms with E-state index in [0.29, 0.717) is 10.6 Å². The molecule has 26 heavy (non-hydrogen) atoms. The van der Waals surface area contributed by atoms with Crippen molar-refractivity contribution in [1.29, 1.82) is 0 Å².